The van der Waals surface area contributed by atoms with Crippen molar-refractivity contribution in [1.82, 2.24) is 15.2 Å². The molecule has 0 saturated carbocycles. The predicted molar refractivity (Wildman–Crippen MR) is 101 cm³/mol. The third-order valence-corrected chi connectivity index (χ3v) is 4.90. The lowest BCUT2D eigenvalue weighted by Crippen LogP contribution is -2.42. The molecule has 156 valence electrons. The highest BCUT2D eigenvalue weighted by Gasteiger charge is 2.32. The number of pyridine rings is 1. The number of carbonyl (C=O) groups excluding carboxylic acids is 1. The molecule has 0 spiro atoms. The monoisotopic (exact) mass is 430 g/mol. The van der Waals surface area contributed by atoms with Gasteiger partial charge in [0.15, 0.2) is 0 Å². The number of amides is 2. The Morgan fingerprint density at radius 3 is 2.62 bits per heavy atom. The Morgan fingerprint density at radius 1 is 1.17 bits per heavy atom. The molecule has 0 aliphatic carbocycles. The molecule has 0 atom stereocenters. The van der Waals surface area contributed by atoms with E-state index in [2.05, 4.69) is 10.3 Å². The van der Waals surface area contributed by atoms with E-state index in [9.17, 15) is 22.4 Å². The topological polar surface area (TPSA) is 48.5 Å². The fourth-order valence-electron chi connectivity index (χ4n) is 3.08. The van der Waals surface area contributed by atoms with E-state index >= 15 is 0 Å². The number of anilines is 1. The third kappa shape index (κ3) is 5.29. The molecule has 2 amide bonds. The number of carbonyl (C=O) groups is 1. The smallest absolute Gasteiger partial charge is 0.354 e. The lowest BCUT2D eigenvalue weighted by molar-refractivity contribution is -0.137. The molecular formula is C19H19ClF4N4O. The van der Waals surface area contributed by atoms with Gasteiger partial charge in [0.2, 0.25) is 0 Å². The summed E-state index contributed by atoms with van der Waals surface area (Å²) >= 11 is 6.02. The van der Waals surface area contributed by atoms with E-state index < -0.39 is 17.6 Å². The van der Waals surface area contributed by atoms with Gasteiger partial charge >= 0.3 is 12.2 Å². The summed E-state index contributed by atoms with van der Waals surface area (Å²) in [5.41, 5.74) is -0.520. The Kier molecular flexibility index (Phi) is 6.46. The molecule has 1 saturated heterocycles. The minimum atomic E-state index is -4.51. The fourth-order valence-corrected chi connectivity index (χ4v) is 3.36. The number of urea groups is 1. The second-order valence-corrected chi connectivity index (χ2v) is 7.01. The van der Waals surface area contributed by atoms with Gasteiger partial charge in [0.1, 0.15) is 11.6 Å². The number of hydrogen-bond donors (Lipinski definition) is 1. The number of aromatic nitrogens is 1. The standard InChI is InChI=1S/C19H19ClF4N4O/c20-15-10-14(19(22,23)24)12-25-17(15)27-6-3-7-28(9-8-27)18(29)26-11-13-4-1-2-5-16(13)21/h1-2,4-5,10,12H,3,6-9,11H2,(H,26,29). The number of nitrogens with one attached hydrogen (secondary N) is 1. The molecule has 1 aromatic carbocycles. The Labute approximate surface area is 170 Å². The van der Waals surface area contributed by atoms with Gasteiger partial charge in [-0.2, -0.15) is 13.2 Å². The highest BCUT2D eigenvalue weighted by atomic mass is 35.5. The summed E-state index contributed by atoms with van der Waals surface area (Å²) in [5, 5.41) is 2.60. The van der Waals surface area contributed by atoms with Gasteiger partial charge < -0.3 is 15.1 Å². The van der Waals surface area contributed by atoms with E-state index in [1.54, 1.807) is 28.0 Å². The van der Waals surface area contributed by atoms with Crippen LogP contribution in [0.25, 0.3) is 0 Å². The second-order valence-electron chi connectivity index (χ2n) is 6.60. The normalized spacial score (nSPS) is 15.2. The number of nitrogens with zero attached hydrogens (tertiary/aromatic N) is 3. The molecule has 1 aromatic heterocycles. The molecule has 1 aliphatic heterocycles. The Hall–Kier alpha value is -2.55. The molecule has 0 unspecified atom stereocenters. The van der Waals surface area contributed by atoms with Crippen LogP contribution in [0.15, 0.2) is 36.5 Å². The van der Waals surface area contributed by atoms with Crippen molar-refractivity contribution in [1.29, 1.82) is 0 Å². The van der Waals surface area contributed by atoms with Gasteiger partial charge in [0, 0.05) is 44.5 Å². The van der Waals surface area contributed by atoms with Crippen LogP contribution >= 0.6 is 11.6 Å². The van der Waals surface area contributed by atoms with Gasteiger partial charge in [0.25, 0.3) is 0 Å². The molecule has 2 aromatic rings. The largest absolute Gasteiger partial charge is 0.417 e. The summed E-state index contributed by atoms with van der Waals surface area (Å²) in [6.07, 6.45) is -3.17. The maximum atomic E-state index is 13.7. The number of alkyl halides is 3. The third-order valence-electron chi connectivity index (χ3n) is 4.62. The maximum absolute atomic E-state index is 13.7. The molecule has 5 nitrogen and oxygen atoms in total. The van der Waals surface area contributed by atoms with Crippen molar-refractivity contribution in [2.45, 2.75) is 19.1 Å². The summed E-state index contributed by atoms with van der Waals surface area (Å²) < 4.78 is 52.0. The average molecular weight is 431 g/mol. The molecule has 1 fully saturated rings. The fraction of sp³-hybridized carbons (Fsp3) is 0.368. The first-order valence-corrected chi connectivity index (χ1v) is 9.37. The molecule has 1 N–H and O–H groups in total. The lowest BCUT2D eigenvalue weighted by atomic mass is 10.2. The molecule has 29 heavy (non-hydrogen) atoms. The van der Waals surface area contributed by atoms with Crippen molar-refractivity contribution in [3.8, 4) is 0 Å². The number of rotatable bonds is 3. The zero-order valence-corrected chi connectivity index (χ0v) is 16.1. The summed E-state index contributed by atoms with van der Waals surface area (Å²) in [4.78, 5) is 19.6. The number of benzene rings is 1. The Balaban J connectivity index is 1.60. The first-order chi connectivity index (χ1) is 13.8. The molecule has 0 radical (unpaired) electrons. The zero-order chi connectivity index (χ0) is 21.0. The predicted octanol–water partition coefficient (Wildman–Crippen LogP) is 4.31. The van der Waals surface area contributed by atoms with Gasteiger partial charge in [-0.1, -0.05) is 29.8 Å². The summed E-state index contributed by atoms with van der Waals surface area (Å²) in [6.45, 7) is 1.72. The average Bonchev–Trinajstić information content (AvgIpc) is 2.92. The maximum Gasteiger partial charge on any atom is 0.417 e. The van der Waals surface area contributed by atoms with Crippen molar-refractivity contribution >= 4 is 23.4 Å². The Bertz CT molecular complexity index is 878. The summed E-state index contributed by atoms with van der Waals surface area (Å²) in [5.74, 6) is -0.133. The molecular weight excluding hydrogens is 412 g/mol. The van der Waals surface area contributed by atoms with Crippen LogP contribution < -0.4 is 10.2 Å². The zero-order valence-electron chi connectivity index (χ0n) is 15.3. The second kappa shape index (κ2) is 8.86. The van der Waals surface area contributed by atoms with Crippen LogP contribution in [-0.2, 0) is 12.7 Å². The van der Waals surface area contributed by atoms with Crippen LogP contribution in [0.4, 0.5) is 28.2 Å². The molecule has 10 heteroatoms. The first-order valence-electron chi connectivity index (χ1n) is 8.99. The van der Waals surface area contributed by atoms with Gasteiger partial charge in [-0.15, -0.1) is 0 Å². The number of hydrogen-bond acceptors (Lipinski definition) is 3. The van der Waals surface area contributed by atoms with Gasteiger partial charge in [-0.05, 0) is 18.6 Å². The quantitative estimate of drug-likeness (QED) is 0.738. The van der Waals surface area contributed by atoms with E-state index in [0.717, 1.165) is 12.3 Å². The van der Waals surface area contributed by atoms with Crippen molar-refractivity contribution in [2.75, 3.05) is 31.1 Å². The Morgan fingerprint density at radius 2 is 1.93 bits per heavy atom. The SMILES string of the molecule is O=C(NCc1ccccc1F)N1CCCN(c2ncc(C(F)(F)F)cc2Cl)CC1. The van der Waals surface area contributed by atoms with Gasteiger partial charge in [-0.3, -0.25) is 0 Å². The van der Waals surface area contributed by atoms with Crippen molar-refractivity contribution in [3.05, 3.63) is 58.5 Å². The van der Waals surface area contributed by atoms with E-state index in [1.807, 2.05) is 0 Å². The van der Waals surface area contributed by atoms with E-state index in [0.29, 0.717) is 38.2 Å². The lowest BCUT2D eigenvalue weighted by Gasteiger charge is -2.24. The van der Waals surface area contributed by atoms with E-state index in [4.69, 9.17) is 11.6 Å². The van der Waals surface area contributed by atoms with Crippen LogP contribution in [0.2, 0.25) is 5.02 Å². The van der Waals surface area contributed by atoms with Gasteiger partial charge in [0.05, 0.1) is 10.6 Å². The van der Waals surface area contributed by atoms with Crippen LogP contribution in [0, 0.1) is 5.82 Å². The molecule has 0 bridgehead atoms. The van der Waals surface area contributed by atoms with Crippen LogP contribution in [0.5, 0.6) is 0 Å². The van der Waals surface area contributed by atoms with Crippen LogP contribution in [0.1, 0.15) is 17.5 Å². The van der Waals surface area contributed by atoms with Crippen molar-refractivity contribution < 1.29 is 22.4 Å². The highest BCUT2D eigenvalue weighted by Crippen LogP contribution is 2.33. The van der Waals surface area contributed by atoms with Crippen LogP contribution in [0.3, 0.4) is 0 Å². The highest BCUT2D eigenvalue weighted by molar-refractivity contribution is 6.33. The molecule has 1 aliphatic rings. The first kappa shape index (κ1) is 21.2. The minimum Gasteiger partial charge on any atom is -0.354 e. The minimum absolute atomic E-state index is 0.0675. The summed E-state index contributed by atoms with van der Waals surface area (Å²) in [7, 11) is 0. The molecule has 2 heterocycles. The van der Waals surface area contributed by atoms with E-state index in [-0.39, 0.29) is 23.4 Å². The van der Waals surface area contributed by atoms with Crippen molar-refractivity contribution in [3.63, 3.8) is 0 Å². The summed E-state index contributed by atoms with van der Waals surface area (Å²) in [6, 6.07) is 6.71. The number of halogens is 5. The van der Waals surface area contributed by atoms with Crippen molar-refractivity contribution in [2.24, 2.45) is 0 Å². The molecule has 3 rings (SSSR count). The van der Waals surface area contributed by atoms with E-state index in [1.165, 1.54) is 6.07 Å². The van der Waals surface area contributed by atoms with Crippen LogP contribution in [-0.4, -0.2) is 42.1 Å². The van der Waals surface area contributed by atoms with Gasteiger partial charge in [-0.25, -0.2) is 14.2 Å².